The average Bonchev–Trinajstić information content (AvgIpc) is 2.29. The first-order valence-corrected chi connectivity index (χ1v) is 7.42. The van der Waals surface area contributed by atoms with Crippen molar-refractivity contribution in [1.29, 1.82) is 0 Å². The molecule has 112 valence electrons. The summed E-state index contributed by atoms with van der Waals surface area (Å²) in [5.74, 6) is -0.0946. The fourth-order valence-electron chi connectivity index (χ4n) is 2.44. The molecule has 0 aliphatic heterocycles. The van der Waals surface area contributed by atoms with Crippen molar-refractivity contribution in [2.24, 2.45) is 5.92 Å². The standard InChI is InChI=1S/C17H27NO2/c1-12(2)9-14-5-7-15(8-6-14)10-16(11-17(19)20)18-13(3)4/h5-8,12-13,16,18H,9-11H2,1-4H3,(H,19,20). The van der Waals surface area contributed by atoms with E-state index < -0.39 is 5.97 Å². The van der Waals surface area contributed by atoms with Crippen molar-refractivity contribution in [2.45, 2.75) is 59.0 Å². The molecular weight excluding hydrogens is 250 g/mol. The molecule has 0 bridgehead atoms. The van der Waals surface area contributed by atoms with Crippen LogP contribution in [0.15, 0.2) is 24.3 Å². The van der Waals surface area contributed by atoms with Gasteiger partial charge in [-0.2, -0.15) is 0 Å². The minimum absolute atomic E-state index is 0.0107. The predicted molar refractivity (Wildman–Crippen MR) is 83.0 cm³/mol. The number of benzene rings is 1. The third-order valence-electron chi connectivity index (χ3n) is 3.14. The fourth-order valence-corrected chi connectivity index (χ4v) is 2.44. The maximum Gasteiger partial charge on any atom is 0.304 e. The highest BCUT2D eigenvalue weighted by molar-refractivity contribution is 5.67. The zero-order valence-corrected chi connectivity index (χ0v) is 13.0. The van der Waals surface area contributed by atoms with E-state index in [4.69, 9.17) is 5.11 Å². The SMILES string of the molecule is CC(C)Cc1ccc(CC(CC(=O)O)NC(C)C)cc1. The van der Waals surface area contributed by atoms with Crippen LogP contribution in [0, 0.1) is 5.92 Å². The maximum atomic E-state index is 10.9. The van der Waals surface area contributed by atoms with Crippen molar-refractivity contribution in [3.05, 3.63) is 35.4 Å². The zero-order valence-electron chi connectivity index (χ0n) is 13.0. The van der Waals surface area contributed by atoms with Crippen molar-refractivity contribution >= 4 is 5.97 Å². The van der Waals surface area contributed by atoms with E-state index in [0.717, 1.165) is 12.8 Å². The molecule has 1 rings (SSSR count). The number of nitrogens with one attached hydrogen (secondary N) is 1. The number of aliphatic carboxylic acids is 1. The Bertz CT molecular complexity index is 410. The van der Waals surface area contributed by atoms with Crippen LogP contribution in [-0.4, -0.2) is 23.2 Å². The molecule has 2 N–H and O–H groups in total. The van der Waals surface area contributed by atoms with Crippen molar-refractivity contribution in [2.75, 3.05) is 0 Å². The zero-order chi connectivity index (χ0) is 15.1. The van der Waals surface area contributed by atoms with E-state index in [-0.39, 0.29) is 12.5 Å². The van der Waals surface area contributed by atoms with Crippen LogP contribution in [0.5, 0.6) is 0 Å². The van der Waals surface area contributed by atoms with Crippen LogP contribution in [0.3, 0.4) is 0 Å². The normalized spacial score (nSPS) is 12.9. The van der Waals surface area contributed by atoms with Crippen LogP contribution < -0.4 is 5.32 Å². The van der Waals surface area contributed by atoms with Gasteiger partial charge in [-0.15, -0.1) is 0 Å². The van der Waals surface area contributed by atoms with Gasteiger partial charge in [0.25, 0.3) is 0 Å². The highest BCUT2D eigenvalue weighted by Gasteiger charge is 2.14. The molecule has 1 atom stereocenters. The molecule has 0 amide bonds. The van der Waals surface area contributed by atoms with Gasteiger partial charge in [0, 0.05) is 12.1 Å². The predicted octanol–water partition coefficient (Wildman–Crippen LogP) is 3.27. The number of carboxylic acids is 1. The number of rotatable bonds is 8. The summed E-state index contributed by atoms with van der Waals surface area (Å²) >= 11 is 0. The molecule has 0 fully saturated rings. The first-order chi connectivity index (χ1) is 9.36. The van der Waals surface area contributed by atoms with E-state index in [1.807, 2.05) is 13.8 Å². The second-order valence-electron chi connectivity index (χ2n) is 6.23. The Kier molecular flexibility index (Phi) is 6.73. The molecule has 20 heavy (non-hydrogen) atoms. The van der Waals surface area contributed by atoms with Crippen LogP contribution in [0.4, 0.5) is 0 Å². The Hall–Kier alpha value is -1.35. The van der Waals surface area contributed by atoms with Gasteiger partial charge in [-0.05, 0) is 29.9 Å². The molecule has 0 saturated heterocycles. The number of hydrogen-bond donors (Lipinski definition) is 2. The Morgan fingerprint density at radius 2 is 1.55 bits per heavy atom. The molecule has 1 aromatic carbocycles. The first kappa shape index (κ1) is 16.7. The Morgan fingerprint density at radius 1 is 1.05 bits per heavy atom. The molecule has 3 nitrogen and oxygen atoms in total. The van der Waals surface area contributed by atoms with Crippen LogP contribution in [0.2, 0.25) is 0 Å². The first-order valence-electron chi connectivity index (χ1n) is 7.42. The highest BCUT2D eigenvalue weighted by Crippen LogP contribution is 2.12. The van der Waals surface area contributed by atoms with Gasteiger partial charge in [-0.1, -0.05) is 52.0 Å². The van der Waals surface area contributed by atoms with Gasteiger partial charge < -0.3 is 10.4 Å². The van der Waals surface area contributed by atoms with E-state index in [2.05, 4.69) is 43.4 Å². The summed E-state index contributed by atoms with van der Waals surface area (Å²) in [5, 5.41) is 12.3. The largest absolute Gasteiger partial charge is 0.481 e. The summed E-state index contributed by atoms with van der Waals surface area (Å²) in [6, 6.07) is 8.83. The van der Waals surface area contributed by atoms with Gasteiger partial charge >= 0.3 is 5.97 Å². The highest BCUT2D eigenvalue weighted by atomic mass is 16.4. The Labute approximate surface area is 122 Å². The molecule has 0 aliphatic rings. The van der Waals surface area contributed by atoms with Crippen LogP contribution in [0.1, 0.15) is 45.2 Å². The summed E-state index contributed by atoms with van der Waals surface area (Å²) < 4.78 is 0. The van der Waals surface area contributed by atoms with Crippen LogP contribution in [-0.2, 0) is 17.6 Å². The molecule has 0 saturated carbocycles. The quantitative estimate of drug-likeness (QED) is 0.766. The lowest BCUT2D eigenvalue weighted by molar-refractivity contribution is -0.137. The molecule has 3 heteroatoms. The van der Waals surface area contributed by atoms with Crippen molar-refractivity contribution in [3.8, 4) is 0 Å². The smallest absolute Gasteiger partial charge is 0.304 e. The van der Waals surface area contributed by atoms with Crippen molar-refractivity contribution in [3.63, 3.8) is 0 Å². The van der Waals surface area contributed by atoms with Crippen LogP contribution >= 0.6 is 0 Å². The summed E-state index contributed by atoms with van der Waals surface area (Å²) in [5.41, 5.74) is 2.53. The van der Waals surface area contributed by atoms with Gasteiger partial charge in [0.1, 0.15) is 0 Å². The van der Waals surface area contributed by atoms with E-state index in [0.29, 0.717) is 12.0 Å². The molecule has 0 spiro atoms. The minimum atomic E-state index is -0.750. The molecule has 1 aromatic rings. The van der Waals surface area contributed by atoms with Crippen molar-refractivity contribution in [1.82, 2.24) is 5.32 Å². The van der Waals surface area contributed by atoms with Gasteiger partial charge in [0.05, 0.1) is 6.42 Å². The molecule has 0 aromatic heterocycles. The summed E-state index contributed by atoms with van der Waals surface area (Å²) in [4.78, 5) is 10.9. The van der Waals surface area contributed by atoms with E-state index in [1.54, 1.807) is 0 Å². The van der Waals surface area contributed by atoms with Gasteiger partial charge in [0.2, 0.25) is 0 Å². The van der Waals surface area contributed by atoms with Crippen molar-refractivity contribution < 1.29 is 9.90 Å². The van der Waals surface area contributed by atoms with Gasteiger partial charge in [-0.25, -0.2) is 0 Å². The average molecular weight is 277 g/mol. The lowest BCUT2D eigenvalue weighted by Crippen LogP contribution is -2.38. The van der Waals surface area contributed by atoms with E-state index in [9.17, 15) is 4.79 Å². The summed E-state index contributed by atoms with van der Waals surface area (Å²) in [6.45, 7) is 8.51. The third-order valence-corrected chi connectivity index (χ3v) is 3.14. The number of carboxylic acid groups (broad SMARTS) is 1. The second kappa shape index (κ2) is 8.05. The maximum absolute atomic E-state index is 10.9. The summed E-state index contributed by atoms with van der Waals surface area (Å²) in [7, 11) is 0. The molecule has 0 radical (unpaired) electrons. The molecular formula is C17H27NO2. The minimum Gasteiger partial charge on any atom is -0.481 e. The lowest BCUT2D eigenvalue weighted by Gasteiger charge is -2.20. The van der Waals surface area contributed by atoms with E-state index in [1.165, 1.54) is 11.1 Å². The van der Waals surface area contributed by atoms with E-state index >= 15 is 0 Å². The molecule has 0 aliphatic carbocycles. The van der Waals surface area contributed by atoms with Gasteiger partial charge in [0.15, 0.2) is 0 Å². The topological polar surface area (TPSA) is 49.3 Å². The monoisotopic (exact) mass is 277 g/mol. The lowest BCUT2D eigenvalue weighted by atomic mass is 9.98. The van der Waals surface area contributed by atoms with Crippen LogP contribution in [0.25, 0.3) is 0 Å². The molecule has 1 unspecified atom stereocenters. The number of carbonyl (C=O) groups is 1. The number of hydrogen-bond acceptors (Lipinski definition) is 2. The third kappa shape index (κ3) is 6.71. The van der Waals surface area contributed by atoms with Gasteiger partial charge in [-0.3, -0.25) is 4.79 Å². The molecule has 0 heterocycles. The second-order valence-corrected chi connectivity index (χ2v) is 6.23. The fraction of sp³-hybridized carbons (Fsp3) is 0.588. The summed E-state index contributed by atoms with van der Waals surface area (Å²) in [6.07, 6.45) is 2.00. The Balaban J connectivity index is 2.65. The Morgan fingerprint density at radius 3 is 1.95 bits per heavy atom.